The molecule has 1 aliphatic carbocycles. The number of hydrogen-bond donors (Lipinski definition) is 1. The van der Waals surface area contributed by atoms with Gasteiger partial charge in [-0.1, -0.05) is 13.8 Å². The van der Waals surface area contributed by atoms with Gasteiger partial charge in [0.05, 0.1) is 0 Å². The van der Waals surface area contributed by atoms with Crippen molar-refractivity contribution in [3.8, 4) is 0 Å². The fourth-order valence-corrected chi connectivity index (χ4v) is 3.83. The zero-order valence-corrected chi connectivity index (χ0v) is 13.2. The zero-order chi connectivity index (χ0) is 13.7. The van der Waals surface area contributed by atoms with E-state index in [4.69, 9.17) is 4.74 Å². The number of methoxy groups -OCH3 is 1. The highest BCUT2D eigenvalue weighted by molar-refractivity contribution is 7.11. The summed E-state index contributed by atoms with van der Waals surface area (Å²) in [6.07, 6.45) is 7.90. The highest BCUT2D eigenvalue weighted by Crippen LogP contribution is 2.43. The number of nitrogens with zero attached hydrogens (tertiary/aromatic N) is 1. The molecule has 0 saturated heterocycles. The van der Waals surface area contributed by atoms with Crippen LogP contribution in [0, 0.1) is 5.92 Å². The van der Waals surface area contributed by atoms with E-state index in [1.807, 2.05) is 24.6 Å². The monoisotopic (exact) mass is 282 g/mol. The number of rotatable bonds is 6. The number of hydrogen-bond acceptors (Lipinski definition) is 4. The molecule has 0 aliphatic heterocycles. The molecule has 0 spiro atoms. The summed E-state index contributed by atoms with van der Waals surface area (Å²) < 4.78 is 5.88. The van der Waals surface area contributed by atoms with E-state index in [2.05, 4.69) is 24.1 Å². The summed E-state index contributed by atoms with van der Waals surface area (Å²) in [6, 6.07) is 0. The fourth-order valence-electron chi connectivity index (χ4n) is 2.72. The highest BCUT2D eigenvalue weighted by Gasteiger charge is 2.38. The minimum Gasteiger partial charge on any atom is -0.371 e. The van der Waals surface area contributed by atoms with E-state index in [0.29, 0.717) is 0 Å². The second kappa shape index (κ2) is 6.82. The van der Waals surface area contributed by atoms with Crippen molar-refractivity contribution >= 4 is 11.3 Å². The molecule has 19 heavy (non-hydrogen) atoms. The van der Waals surface area contributed by atoms with Crippen LogP contribution in [0.4, 0.5) is 0 Å². The average molecular weight is 282 g/mol. The van der Waals surface area contributed by atoms with Crippen molar-refractivity contribution in [3.63, 3.8) is 0 Å². The maximum Gasteiger partial charge on any atom is 0.125 e. The van der Waals surface area contributed by atoms with Gasteiger partial charge < -0.3 is 10.1 Å². The number of nitrogens with one attached hydrogen (secondary N) is 1. The Morgan fingerprint density at radius 1 is 1.47 bits per heavy atom. The van der Waals surface area contributed by atoms with E-state index in [1.54, 1.807) is 0 Å². The van der Waals surface area contributed by atoms with Crippen LogP contribution >= 0.6 is 11.3 Å². The maximum atomic E-state index is 5.88. The molecule has 1 aromatic heterocycles. The lowest BCUT2D eigenvalue weighted by Crippen LogP contribution is -2.33. The molecule has 2 rings (SSSR count). The molecule has 1 heterocycles. The molecule has 0 aromatic carbocycles. The van der Waals surface area contributed by atoms with Crippen molar-refractivity contribution in [2.45, 2.75) is 58.1 Å². The highest BCUT2D eigenvalue weighted by atomic mass is 32.1. The normalized spacial score (nSPS) is 27.6. The van der Waals surface area contributed by atoms with Crippen LogP contribution in [0.1, 0.15) is 55.8 Å². The van der Waals surface area contributed by atoms with Crippen molar-refractivity contribution < 1.29 is 4.74 Å². The quantitative estimate of drug-likeness (QED) is 0.808. The molecule has 0 amide bonds. The van der Waals surface area contributed by atoms with Crippen molar-refractivity contribution in [1.82, 2.24) is 10.3 Å². The largest absolute Gasteiger partial charge is 0.371 e. The van der Waals surface area contributed by atoms with Crippen molar-refractivity contribution in [1.29, 1.82) is 0 Å². The van der Waals surface area contributed by atoms with Crippen molar-refractivity contribution in [2.24, 2.45) is 5.92 Å². The van der Waals surface area contributed by atoms with E-state index in [0.717, 1.165) is 31.8 Å². The molecular weight excluding hydrogens is 256 g/mol. The van der Waals surface area contributed by atoms with E-state index in [1.165, 1.54) is 29.1 Å². The van der Waals surface area contributed by atoms with E-state index in [-0.39, 0.29) is 5.60 Å². The van der Waals surface area contributed by atoms with Gasteiger partial charge in [0.2, 0.25) is 0 Å². The van der Waals surface area contributed by atoms with Gasteiger partial charge in [-0.25, -0.2) is 4.98 Å². The molecule has 1 N–H and O–H groups in total. The first-order valence-electron chi connectivity index (χ1n) is 7.41. The van der Waals surface area contributed by atoms with Crippen LogP contribution in [0.5, 0.6) is 0 Å². The molecular formula is C15H26N2OS. The molecule has 108 valence electrons. The van der Waals surface area contributed by atoms with E-state index < -0.39 is 0 Å². The second-order valence-electron chi connectivity index (χ2n) is 5.69. The van der Waals surface area contributed by atoms with Crippen LogP contribution in [0.15, 0.2) is 6.20 Å². The van der Waals surface area contributed by atoms with E-state index >= 15 is 0 Å². The predicted molar refractivity (Wildman–Crippen MR) is 80.4 cm³/mol. The molecule has 0 unspecified atom stereocenters. The first kappa shape index (κ1) is 14.9. The van der Waals surface area contributed by atoms with Gasteiger partial charge in [0.15, 0.2) is 0 Å². The van der Waals surface area contributed by atoms with Gasteiger partial charge in [-0.05, 0) is 44.6 Å². The van der Waals surface area contributed by atoms with Gasteiger partial charge in [-0.15, -0.1) is 11.3 Å². The molecule has 0 radical (unpaired) electrons. The van der Waals surface area contributed by atoms with Crippen LogP contribution < -0.4 is 5.32 Å². The molecule has 1 aromatic rings. The number of thiazole rings is 1. The lowest BCUT2D eigenvalue weighted by Gasteiger charge is -2.36. The molecule has 3 nitrogen and oxygen atoms in total. The Morgan fingerprint density at radius 2 is 2.21 bits per heavy atom. The van der Waals surface area contributed by atoms with Crippen molar-refractivity contribution in [3.05, 3.63) is 16.1 Å². The van der Waals surface area contributed by atoms with Gasteiger partial charge in [0.1, 0.15) is 10.6 Å². The van der Waals surface area contributed by atoms with Crippen LogP contribution in [0.25, 0.3) is 0 Å². The summed E-state index contributed by atoms with van der Waals surface area (Å²) in [7, 11) is 1.84. The Hall–Kier alpha value is -0.450. The Bertz CT molecular complexity index is 383. The minimum absolute atomic E-state index is 0.111. The molecule has 0 bridgehead atoms. The topological polar surface area (TPSA) is 34.2 Å². The van der Waals surface area contributed by atoms with Crippen molar-refractivity contribution in [2.75, 3.05) is 13.7 Å². The van der Waals surface area contributed by atoms with Gasteiger partial charge >= 0.3 is 0 Å². The first-order valence-corrected chi connectivity index (χ1v) is 8.23. The standard InChI is InChI=1S/C15H26N2OS/c1-4-9-16-10-13-11-17-14(19-13)15(18-3)7-5-12(2)6-8-15/h11-12,16H,4-10H2,1-3H3. The molecule has 1 aliphatic rings. The Balaban J connectivity index is 2.02. The fraction of sp³-hybridized carbons (Fsp3) is 0.800. The van der Waals surface area contributed by atoms with Gasteiger partial charge in [0, 0.05) is 24.7 Å². The minimum atomic E-state index is -0.111. The number of aromatic nitrogens is 1. The van der Waals surface area contributed by atoms with Crippen LogP contribution in [0.3, 0.4) is 0 Å². The molecule has 1 saturated carbocycles. The summed E-state index contributed by atoms with van der Waals surface area (Å²) >= 11 is 1.82. The summed E-state index contributed by atoms with van der Waals surface area (Å²) in [4.78, 5) is 5.96. The average Bonchev–Trinajstić information content (AvgIpc) is 2.90. The predicted octanol–water partition coefficient (Wildman–Crippen LogP) is 3.69. The van der Waals surface area contributed by atoms with Crippen LogP contribution in [-0.4, -0.2) is 18.6 Å². The van der Waals surface area contributed by atoms with Crippen LogP contribution in [0.2, 0.25) is 0 Å². The summed E-state index contributed by atoms with van der Waals surface area (Å²) in [5, 5.41) is 4.61. The molecule has 1 fully saturated rings. The first-order chi connectivity index (χ1) is 9.20. The third kappa shape index (κ3) is 3.56. The summed E-state index contributed by atoms with van der Waals surface area (Å²) in [5.41, 5.74) is -0.111. The molecule has 0 atom stereocenters. The van der Waals surface area contributed by atoms with E-state index in [9.17, 15) is 0 Å². The smallest absolute Gasteiger partial charge is 0.125 e. The Morgan fingerprint density at radius 3 is 2.84 bits per heavy atom. The summed E-state index contributed by atoms with van der Waals surface area (Å²) in [6.45, 7) is 6.53. The Kier molecular flexibility index (Phi) is 5.37. The third-order valence-corrected chi connectivity index (χ3v) is 5.32. The third-order valence-electron chi connectivity index (χ3n) is 4.14. The lowest BCUT2D eigenvalue weighted by atomic mass is 9.80. The van der Waals surface area contributed by atoms with Gasteiger partial charge in [-0.3, -0.25) is 0 Å². The maximum absolute atomic E-state index is 5.88. The summed E-state index contributed by atoms with van der Waals surface area (Å²) in [5.74, 6) is 0.828. The Labute approximate surface area is 120 Å². The SMILES string of the molecule is CCCNCc1cnc(C2(OC)CCC(C)CC2)s1. The molecule has 4 heteroatoms. The lowest BCUT2D eigenvalue weighted by molar-refractivity contribution is -0.0531. The van der Waals surface area contributed by atoms with Crippen LogP contribution in [-0.2, 0) is 16.9 Å². The number of ether oxygens (including phenoxy) is 1. The van der Waals surface area contributed by atoms with Gasteiger partial charge in [0.25, 0.3) is 0 Å². The second-order valence-corrected chi connectivity index (χ2v) is 6.80. The van der Waals surface area contributed by atoms with Gasteiger partial charge in [-0.2, -0.15) is 0 Å². The zero-order valence-electron chi connectivity index (χ0n) is 12.4.